The van der Waals surface area contributed by atoms with E-state index in [1.54, 1.807) is 17.4 Å². The highest BCUT2D eigenvalue weighted by atomic mass is 32.1. The van der Waals surface area contributed by atoms with Gasteiger partial charge in [0.2, 0.25) is 0 Å². The van der Waals surface area contributed by atoms with E-state index in [9.17, 15) is 4.39 Å². The number of hydrogen-bond donors (Lipinski definition) is 2. The van der Waals surface area contributed by atoms with Crippen molar-refractivity contribution in [3.8, 4) is 0 Å². The van der Waals surface area contributed by atoms with E-state index in [4.69, 9.17) is 5.84 Å². The predicted molar refractivity (Wildman–Crippen MR) is 89.8 cm³/mol. The summed E-state index contributed by atoms with van der Waals surface area (Å²) in [5, 5.41) is 0.969. The molecule has 0 aliphatic carbocycles. The summed E-state index contributed by atoms with van der Waals surface area (Å²) in [6.07, 6.45) is 5.98. The van der Waals surface area contributed by atoms with E-state index < -0.39 is 0 Å². The second-order valence-corrected chi connectivity index (χ2v) is 6.82. The Morgan fingerprint density at radius 1 is 1.29 bits per heavy atom. The molecular formula is C17H25FN2S. The van der Waals surface area contributed by atoms with E-state index in [1.807, 2.05) is 6.07 Å². The highest BCUT2D eigenvalue weighted by Gasteiger charge is 2.18. The van der Waals surface area contributed by atoms with Crippen LogP contribution in [0, 0.1) is 11.7 Å². The fraction of sp³-hybridized carbons (Fsp3) is 0.529. The molecule has 2 rings (SSSR count). The van der Waals surface area contributed by atoms with Gasteiger partial charge in [0, 0.05) is 9.58 Å². The van der Waals surface area contributed by atoms with Crippen LogP contribution in [-0.4, -0.2) is 0 Å². The smallest absolute Gasteiger partial charge is 0.123 e. The van der Waals surface area contributed by atoms with Crippen LogP contribution in [-0.2, 0) is 0 Å². The lowest BCUT2D eigenvalue weighted by atomic mass is 9.91. The molecule has 4 heteroatoms. The van der Waals surface area contributed by atoms with E-state index in [2.05, 4.69) is 25.3 Å². The Morgan fingerprint density at radius 3 is 2.76 bits per heavy atom. The Bertz CT molecular complexity index is 567. The molecule has 0 bridgehead atoms. The predicted octanol–water partition coefficient (Wildman–Crippen LogP) is 5.15. The molecular weight excluding hydrogens is 283 g/mol. The molecule has 0 radical (unpaired) electrons. The van der Waals surface area contributed by atoms with Crippen LogP contribution in [0.25, 0.3) is 10.1 Å². The van der Waals surface area contributed by atoms with Gasteiger partial charge >= 0.3 is 0 Å². The monoisotopic (exact) mass is 308 g/mol. The number of halogens is 1. The Kier molecular flexibility index (Phi) is 6.15. The van der Waals surface area contributed by atoms with Crippen molar-refractivity contribution in [2.45, 2.75) is 52.0 Å². The molecule has 2 aromatic rings. The van der Waals surface area contributed by atoms with Gasteiger partial charge in [0.1, 0.15) is 5.82 Å². The van der Waals surface area contributed by atoms with Gasteiger partial charge in [-0.05, 0) is 42.0 Å². The number of fused-ring (bicyclic) bond motifs is 1. The minimum absolute atomic E-state index is 0.160. The lowest BCUT2D eigenvalue weighted by Crippen LogP contribution is -2.29. The third-order valence-corrected chi connectivity index (χ3v) is 5.38. The number of benzene rings is 1. The van der Waals surface area contributed by atoms with Crippen LogP contribution in [0.3, 0.4) is 0 Å². The minimum atomic E-state index is -0.182. The van der Waals surface area contributed by atoms with Crippen molar-refractivity contribution in [1.82, 2.24) is 5.43 Å². The summed E-state index contributed by atoms with van der Waals surface area (Å²) in [5.41, 5.74) is 2.95. The fourth-order valence-corrected chi connectivity index (χ4v) is 3.91. The van der Waals surface area contributed by atoms with Gasteiger partial charge < -0.3 is 0 Å². The van der Waals surface area contributed by atoms with Gasteiger partial charge in [-0.3, -0.25) is 11.3 Å². The van der Waals surface area contributed by atoms with Gasteiger partial charge in [0.05, 0.1) is 6.04 Å². The molecule has 2 nitrogen and oxygen atoms in total. The molecule has 1 heterocycles. The average Bonchev–Trinajstić information content (AvgIpc) is 2.90. The van der Waals surface area contributed by atoms with Gasteiger partial charge in [-0.2, -0.15) is 0 Å². The van der Waals surface area contributed by atoms with Crippen molar-refractivity contribution < 1.29 is 4.39 Å². The molecule has 0 spiro atoms. The van der Waals surface area contributed by atoms with Gasteiger partial charge in [-0.25, -0.2) is 4.39 Å². The second-order valence-electron chi connectivity index (χ2n) is 5.70. The lowest BCUT2D eigenvalue weighted by Gasteiger charge is -2.21. The van der Waals surface area contributed by atoms with Crippen LogP contribution >= 0.6 is 11.3 Å². The summed E-state index contributed by atoms with van der Waals surface area (Å²) in [4.78, 5) is 1.20. The average molecular weight is 308 g/mol. The Labute approximate surface area is 130 Å². The molecule has 2 atom stereocenters. The SMILES string of the molecule is CCCCC(CC)CC(NN)c1cc2cc(F)ccc2s1. The molecule has 0 saturated heterocycles. The minimum Gasteiger partial charge on any atom is -0.271 e. The molecule has 0 fully saturated rings. The van der Waals surface area contributed by atoms with Crippen LogP contribution in [0.2, 0.25) is 0 Å². The van der Waals surface area contributed by atoms with Crippen molar-refractivity contribution in [3.63, 3.8) is 0 Å². The quantitative estimate of drug-likeness (QED) is 0.522. The highest BCUT2D eigenvalue weighted by molar-refractivity contribution is 7.19. The zero-order valence-electron chi connectivity index (χ0n) is 12.9. The molecule has 3 N–H and O–H groups in total. The van der Waals surface area contributed by atoms with Gasteiger partial charge in [-0.1, -0.05) is 39.5 Å². The third kappa shape index (κ3) is 4.25. The highest BCUT2D eigenvalue weighted by Crippen LogP contribution is 2.34. The van der Waals surface area contributed by atoms with Crippen molar-refractivity contribution >= 4 is 21.4 Å². The van der Waals surface area contributed by atoms with Crippen molar-refractivity contribution in [2.24, 2.45) is 11.8 Å². The summed E-state index contributed by atoms with van der Waals surface area (Å²) < 4.78 is 14.4. The summed E-state index contributed by atoms with van der Waals surface area (Å²) in [6, 6.07) is 7.19. The van der Waals surface area contributed by atoms with Crippen LogP contribution in [0.4, 0.5) is 4.39 Å². The lowest BCUT2D eigenvalue weighted by molar-refractivity contribution is 0.359. The first-order chi connectivity index (χ1) is 10.2. The molecule has 21 heavy (non-hydrogen) atoms. The largest absolute Gasteiger partial charge is 0.271 e. The first-order valence-corrected chi connectivity index (χ1v) is 8.64. The van der Waals surface area contributed by atoms with Gasteiger partial charge in [0.15, 0.2) is 0 Å². The topological polar surface area (TPSA) is 38.0 Å². The second kappa shape index (κ2) is 7.87. The summed E-state index contributed by atoms with van der Waals surface area (Å²) in [5.74, 6) is 6.28. The Hall–Kier alpha value is -0.970. The van der Waals surface area contributed by atoms with E-state index >= 15 is 0 Å². The maximum atomic E-state index is 13.3. The first kappa shape index (κ1) is 16.4. The number of nitrogens with one attached hydrogen (secondary N) is 1. The van der Waals surface area contributed by atoms with Crippen LogP contribution in [0.1, 0.15) is 56.9 Å². The van der Waals surface area contributed by atoms with E-state index in [0.717, 1.165) is 16.5 Å². The summed E-state index contributed by atoms with van der Waals surface area (Å²) >= 11 is 1.71. The molecule has 1 aromatic heterocycles. The maximum Gasteiger partial charge on any atom is 0.123 e. The number of nitrogens with two attached hydrogens (primary N) is 1. The van der Waals surface area contributed by atoms with Gasteiger partial charge in [0.25, 0.3) is 0 Å². The van der Waals surface area contributed by atoms with E-state index in [-0.39, 0.29) is 11.9 Å². The van der Waals surface area contributed by atoms with Crippen molar-refractivity contribution in [3.05, 3.63) is 35.0 Å². The zero-order valence-corrected chi connectivity index (χ0v) is 13.7. The van der Waals surface area contributed by atoms with Gasteiger partial charge in [-0.15, -0.1) is 11.3 Å². The van der Waals surface area contributed by atoms with Crippen molar-refractivity contribution in [2.75, 3.05) is 0 Å². The summed E-state index contributed by atoms with van der Waals surface area (Å²) in [7, 11) is 0. The molecule has 2 unspecified atom stereocenters. The zero-order chi connectivity index (χ0) is 15.2. The first-order valence-electron chi connectivity index (χ1n) is 7.83. The number of hydrogen-bond acceptors (Lipinski definition) is 3. The van der Waals surface area contributed by atoms with Crippen molar-refractivity contribution in [1.29, 1.82) is 0 Å². The number of hydrazine groups is 1. The Morgan fingerprint density at radius 2 is 2.10 bits per heavy atom. The molecule has 116 valence electrons. The number of thiophene rings is 1. The standard InChI is InChI=1S/C17H25FN2S/c1-3-5-6-12(4-2)9-15(20-19)17-11-13-10-14(18)7-8-16(13)21-17/h7-8,10-12,15,20H,3-6,9,19H2,1-2H3. The normalized spacial score (nSPS) is 14.5. The van der Waals surface area contributed by atoms with E-state index in [1.165, 1.54) is 36.6 Å². The third-order valence-electron chi connectivity index (χ3n) is 4.15. The number of rotatable bonds is 8. The molecule has 1 aromatic carbocycles. The van der Waals surface area contributed by atoms with Crippen LogP contribution in [0.15, 0.2) is 24.3 Å². The summed E-state index contributed by atoms with van der Waals surface area (Å²) in [6.45, 7) is 4.47. The molecule has 0 aliphatic heterocycles. The molecule has 0 aliphatic rings. The fourth-order valence-electron chi connectivity index (χ4n) is 2.79. The van der Waals surface area contributed by atoms with E-state index in [0.29, 0.717) is 5.92 Å². The van der Waals surface area contributed by atoms with Crippen LogP contribution < -0.4 is 11.3 Å². The Balaban J connectivity index is 2.14. The molecule has 0 amide bonds. The van der Waals surface area contributed by atoms with Crippen LogP contribution in [0.5, 0.6) is 0 Å². The molecule has 0 saturated carbocycles. The maximum absolute atomic E-state index is 13.3. The number of unbranched alkanes of at least 4 members (excludes halogenated alkanes) is 1.